The second-order valence-corrected chi connectivity index (χ2v) is 6.17. The molecule has 0 bridgehead atoms. The molecule has 0 aliphatic heterocycles. The summed E-state index contributed by atoms with van der Waals surface area (Å²) in [6, 6.07) is 13.0. The Morgan fingerprint density at radius 1 is 1.04 bits per heavy atom. The van der Waals surface area contributed by atoms with Gasteiger partial charge in [0.25, 0.3) is 0 Å². The summed E-state index contributed by atoms with van der Waals surface area (Å²) in [6.45, 7) is 4.14. The van der Waals surface area contributed by atoms with E-state index in [1.807, 2.05) is 49.4 Å². The predicted octanol–water partition coefficient (Wildman–Crippen LogP) is 4.05. The number of benzene rings is 2. The lowest BCUT2D eigenvalue weighted by molar-refractivity contribution is 0.221. The van der Waals surface area contributed by atoms with Crippen molar-refractivity contribution in [1.82, 2.24) is 10.6 Å². The average Bonchev–Trinajstić information content (AvgIpc) is 2.68. The number of ether oxygens (including phenoxy) is 3. The van der Waals surface area contributed by atoms with Gasteiger partial charge in [-0.15, -0.1) is 0 Å². The molecule has 0 saturated heterocycles. The summed E-state index contributed by atoms with van der Waals surface area (Å²) < 4.78 is 16.1. The van der Waals surface area contributed by atoms with Crippen molar-refractivity contribution < 1.29 is 19.0 Å². The Morgan fingerprint density at radius 3 is 2.37 bits per heavy atom. The molecule has 2 aromatic carbocycles. The lowest BCUT2D eigenvalue weighted by Crippen LogP contribution is -2.38. The van der Waals surface area contributed by atoms with Gasteiger partial charge in [-0.3, -0.25) is 0 Å². The number of methoxy groups -OCH3 is 2. The summed E-state index contributed by atoms with van der Waals surface area (Å²) in [6.07, 6.45) is 2.16. The Labute approximate surface area is 160 Å². The number of rotatable bonds is 9. The first-order valence-corrected chi connectivity index (χ1v) is 9.05. The molecule has 2 N–H and O–H groups in total. The molecule has 0 aliphatic rings. The summed E-state index contributed by atoms with van der Waals surface area (Å²) in [5.74, 6) is 2.00. The van der Waals surface area contributed by atoms with Crippen molar-refractivity contribution in [2.45, 2.75) is 32.7 Å². The van der Waals surface area contributed by atoms with Gasteiger partial charge in [0, 0.05) is 0 Å². The smallest absolute Gasteiger partial charge is 0.317 e. The minimum Gasteiger partial charge on any atom is -0.493 e. The van der Waals surface area contributed by atoms with Gasteiger partial charge in [0.15, 0.2) is 18.2 Å². The number of amides is 2. The van der Waals surface area contributed by atoms with Crippen molar-refractivity contribution in [2.75, 3.05) is 21.0 Å². The van der Waals surface area contributed by atoms with Gasteiger partial charge in [0.05, 0.1) is 20.3 Å². The highest BCUT2D eigenvalue weighted by atomic mass is 16.5. The van der Waals surface area contributed by atoms with Gasteiger partial charge in [-0.25, -0.2) is 4.79 Å². The first-order chi connectivity index (χ1) is 13.1. The van der Waals surface area contributed by atoms with E-state index < -0.39 is 0 Å². The average molecular weight is 372 g/mol. The number of aryl methyl sites for hydroxylation is 1. The molecule has 2 rings (SSSR count). The molecule has 0 radical (unpaired) electrons. The molecule has 0 spiro atoms. The SMILES string of the molecule is CCCc1ccc(OCNC(=O)NC(C)c2ccc(OC)c(OC)c2)cc1. The van der Waals surface area contributed by atoms with Crippen LogP contribution in [0.25, 0.3) is 0 Å². The van der Waals surface area contributed by atoms with Crippen molar-refractivity contribution in [2.24, 2.45) is 0 Å². The van der Waals surface area contributed by atoms with Crippen molar-refractivity contribution in [3.05, 3.63) is 53.6 Å². The summed E-state index contributed by atoms with van der Waals surface area (Å²) in [7, 11) is 3.17. The second-order valence-electron chi connectivity index (χ2n) is 6.17. The Bertz CT molecular complexity index is 731. The Morgan fingerprint density at radius 2 is 1.74 bits per heavy atom. The molecule has 1 unspecified atom stereocenters. The zero-order valence-corrected chi connectivity index (χ0v) is 16.4. The molecule has 0 aliphatic carbocycles. The van der Waals surface area contributed by atoms with Crippen LogP contribution < -0.4 is 24.8 Å². The minimum absolute atomic E-state index is 0.0949. The van der Waals surface area contributed by atoms with Crippen LogP contribution in [0.4, 0.5) is 4.79 Å². The second kappa shape index (κ2) is 10.3. The molecule has 2 amide bonds. The van der Waals surface area contributed by atoms with Gasteiger partial charge in [0.1, 0.15) is 5.75 Å². The van der Waals surface area contributed by atoms with Crippen LogP contribution in [-0.2, 0) is 6.42 Å². The number of nitrogens with one attached hydrogen (secondary N) is 2. The van der Waals surface area contributed by atoms with E-state index in [0.29, 0.717) is 11.5 Å². The number of hydrogen-bond donors (Lipinski definition) is 2. The number of hydrogen-bond acceptors (Lipinski definition) is 4. The van der Waals surface area contributed by atoms with E-state index in [1.165, 1.54) is 5.56 Å². The lowest BCUT2D eigenvalue weighted by atomic mass is 10.1. The number of carbonyl (C=O) groups is 1. The quantitative estimate of drug-likeness (QED) is 0.652. The molecular formula is C21H28N2O4. The van der Waals surface area contributed by atoms with Gasteiger partial charge in [-0.2, -0.15) is 0 Å². The van der Waals surface area contributed by atoms with E-state index in [0.717, 1.165) is 24.2 Å². The van der Waals surface area contributed by atoms with Crippen LogP contribution in [0.15, 0.2) is 42.5 Å². The number of carbonyl (C=O) groups excluding carboxylic acids is 1. The monoisotopic (exact) mass is 372 g/mol. The van der Waals surface area contributed by atoms with Crippen molar-refractivity contribution in [3.63, 3.8) is 0 Å². The Balaban J connectivity index is 1.81. The standard InChI is InChI=1S/C21H28N2O4/c1-5-6-16-7-10-18(11-8-16)27-14-22-21(24)23-15(2)17-9-12-19(25-3)20(13-17)26-4/h7-13,15H,5-6,14H2,1-4H3,(H2,22,23,24). The van der Waals surface area contributed by atoms with E-state index in [-0.39, 0.29) is 18.8 Å². The molecular weight excluding hydrogens is 344 g/mol. The summed E-state index contributed by atoms with van der Waals surface area (Å²) in [4.78, 5) is 12.1. The maximum atomic E-state index is 12.1. The van der Waals surface area contributed by atoms with E-state index in [2.05, 4.69) is 17.6 Å². The van der Waals surface area contributed by atoms with E-state index in [1.54, 1.807) is 14.2 Å². The molecule has 1 atom stereocenters. The molecule has 2 aromatic rings. The van der Waals surface area contributed by atoms with Gasteiger partial charge in [-0.05, 0) is 48.7 Å². The van der Waals surface area contributed by atoms with Crippen LogP contribution in [0.3, 0.4) is 0 Å². The van der Waals surface area contributed by atoms with Crippen molar-refractivity contribution in [3.8, 4) is 17.2 Å². The molecule has 6 heteroatoms. The molecule has 0 aromatic heterocycles. The van der Waals surface area contributed by atoms with E-state index in [9.17, 15) is 4.79 Å². The topological polar surface area (TPSA) is 68.8 Å². The van der Waals surface area contributed by atoms with Crippen LogP contribution in [0.1, 0.15) is 37.4 Å². The third-order valence-electron chi connectivity index (χ3n) is 4.19. The maximum Gasteiger partial charge on any atom is 0.317 e. The van der Waals surface area contributed by atoms with E-state index in [4.69, 9.17) is 14.2 Å². The molecule has 0 fully saturated rings. The van der Waals surface area contributed by atoms with Gasteiger partial charge in [0.2, 0.25) is 0 Å². The van der Waals surface area contributed by atoms with Crippen LogP contribution in [-0.4, -0.2) is 27.0 Å². The normalized spacial score (nSPS) is 11.4. The van der Waals surface area contributed by atoms with Gasteiger partial charge < -0.3 is 24.8 Å². The first kappa shape index (κ1) is 20.4. The largest absolute Gasteiger partial charge is 0.493 e. The molecule has 0 heterocycles. The zero-order chi connectivity index (χ0) is 19.6. The third-order valence-corrected chi connectivity index (χ3v) is 4.19. The molecule has 146 valence electrons. The molecule has 6 nitrogen and oxygen atoms in total. The lowest BCUT2D eigenvalue weighted by Gasteiger charge is -2.17. The van der Waals surface area contributed by atoms with Crippen molar-refractivity contribution in [1.29, 1.82) is 0 Å². The fraction of sp³-hybridized carbons (Fsp3) is 0.381. The van der Waals surface area contributed by atoms with Crippen LogP contribution in [0.2, 0.25) is 0 Å². The Kier molecular flexibility index (Phi) is 7.79. The minimum atomic E-state index is -0.306. The fourth-order valence-corrected chi connectivity index (χ4v) is 2.68. The summed E-state index contributed by atoms with van der Waals surface area (Å²) in [5, 5.41) is 5.57. The third kappa shape index (κ3) is 6.09. The van der Waals surface area contributed by atoms with Crippen LogP contribution in [0.5, 0.6) is 17.2 Å². The Hall–Kier alpha value is -2.89. The van der Waals surface area contributed by atoms with Gasteiger partial charge >= 0.3 is 6.03 Å². The highest BCUT2D eigenvalue weighted by Crippen LogP contribution is 2.29. The molecule has 0 saturated carbocycles. The molecule has 27 heavy (non-hydrogen) atoms. The van der Waals surface area contributed by atoms with Crippen LogP contribution in [0, 0.1) is 0 Å². The highest BCUT2D eigenvalue weighted by molar-refractivity contribution is 5.74. The van der Waals surface area contributed by atoms with Crippen molar-refractivity contribution >= 4 is 6.03 Å². The van der Waals surface area contributed by atoms with Gasteiger partial charge in [-0.1, -0.05) is 31.5 Å². The zero-order valence-electron chi connectivity index (χ0n) is 16.4. The maximum absolute atomic E-state index is 12.1. The fourth-order valence-electron chi connectivity index (χ4n) is 2.68. The number of urea groups is 1. The van der Waals surface area contributed by atoms with Crippen LogP contribution >= 0.6 is 0 Å². The highest BCUT2D eigenvalue weighted by Gasteiger charge is 2.12. The predicted molar refractivity (Wildman–Crippen MR) is 106 cm³/mol. The summed E-state index contributed by atoms with van der Waals surface area (Å²) >= 11 is 0. The first-order valence-electron chi connectivity index (χ1n) is 9.05. The summed E-state index contributed by atoms with van der Waals surface area (Å²) in [5.41, 5.74) is 2.19. The van der Waals surface area contributed by atoms with E-state index >= 15 is 0 Å².